The number of hydrogen-bond donors (Lipinski definition) is 0. The van der Waals surface area contributed by atoms with E-state index in [1.807, 2.05) is 42.5 Å². The summed E-state index contributed by atoms with van der Waals surface area (Å²) in [6.07, 6.45) is 0. The number of fused-ring (bicyclic) bond motifs is 12. The van der Waals surface area contributed by atoms with E-state index in [1.54, 1.807) is 11.3 Å². The lowest BCUT2D eigenvalue weighted by molar-refractivity contribution is 0.662. The van der Waals surface area contributed by atoms with Crippen molar-refractivity contribution >= 4 is 75.4 Å². The molecule has 0 atom stereocenters. The average Bonchev–Trinajstić information content (AvgIpc) is 4.04. The van der Waals surface area contributed by atoms with Crippen molar-refractivity contribution in [2.24, 2.45) is 0 Å². The van der Waals surface area contributed by atoms with Gasteiger partial charge in [-0.05, 0) is 75.8 Å². The van der Waals surface area contributed by atoms with Gasteiger partial charge in [0.2, 0.25) is 0 Å². The molecule has 0 unspecified atom stereocenters. The molecule has 0 N–H and O–H groups in total. The van der Waals surface area contributed by atoms with Crippen LogP contribution in [0.5, 0.6) is 0 Å². The number of hydrogen-bond acceptors (Lipinski definition) is 6. The second-order valence-corrected chi connectivity index (χ2v) is 17.4. The van der Waals surface area contributed by atoms with Gasteiger partial charge in [0, 0.05) is 63.8 Å². The predicted octanol–water partition coefficient (Wildman–Crippen LogP) is 15.0. The van der Waals surface area contributed by atoms with Crippen LogP contribution in [0.3, 0.4) is 0 Å². The highest BCUT2D eigenvalue weighted by Gasteiger charge is 2.37. The van der Waals surface area contributed by atoms with Gasteiger partial charge in [-0.25, -0.2) is 15.0 Å². The maximum atomic E-state index is 6.61. The van der Waals surface area contributed by atoms with Crippen LogP contribution in [-0.2, 0) is 5.41 Å². The van der Waals surface area contributed by atoms with Gasteiger partial charge < -0.3 is 8.83 Å². The van der Waals surface area contributed by atoms with E-state index in [4.69, 9.17) is 23.8 Å². The van der Waals surface area contributed by atoms with Crippen LogP contribution in [0.1, 0.15) is 25.0 Å². The molecule has 4 aromatic heterocycles. The Labute approximate surface area is 348 Å². The summed E-state index contributed by atoms with van der Waals surface area (Å²) in [4.78, 5) is 15.9. The Hall–Kier alpha value is -7.41. The van der Waals surface area contributed by atoms with Crippen LogP contribution in [0, 0.1) is 0 Å². The number of furan rings is 2. The van der Waals surface area contributed by atoms with Crippen molar-refractivity contribution in [3.63, 3.8) is 0 Å². The summed E-state index contributed by atoms with van der Waals surface area (Å²) in [6, 6.07) is 57.6. The van der Waals surface area contributed by atoms with E-state index in [2.05, 4.69) is 135 Å². The largest absolute Gasteiger partial charge is 0.456 e. The van der Waals surface area contributed by atoms with Gasteiger partial charge in [-0.15, -0.1) is 11.3 Å². The molecule has 8 aromatic carbocycles. The number of rotatable bonds is 4. The van der Waals surface area contributed by atoms with Crippen LogP contribution in [0.15, 0.2) is 173 Å². The molecular formula is C54H33N3O2S. The molecular weight excluding hydrogens is 755 g/mol. The first-order valence-corrected chi connectivity index (χ1v) is 21.1. The smallest absolute Gasteiger partial charge is 0.164 e. The number of thiophene rings is 1. The molecule has 60 heavy (non-hydrogen) atoms. The minimum Gasteiger partial charge on any atom is -0.456 e. The van der Waals surface area contributed by atoms with Crippen molar-refractivity contribution in [1.29, 1.82) is 0 Å². The lowest BCUT2D eigenvalue weighted by atomic mass is 9.79. The van der Waals surface area contributed by atoms with E-state index in [-0.39, 0.29) is 5.41 Å². The summed E-state index contributed by atoms with van der Waals surface area (Å²) in [7, 11) is 0. The minimum atomic E-state index is -0.152. The van der Waals surface area contributed by atoms with Gasteiger partial charge in [0.25, 0.3) is 0 Å². The quantitative estimate of drug-likeness (QED) is 0.178. The first-order chi connectivity index (χ1) is 29.5. The van der Waals surface area contributed by atoms with Gasteiger partial charge in [-0.3, -0.25) is 0 Å². The molecule has 5 nitrogen and oxygen atoms in total. The van der Waals surface area contributed by atoms with Gasteiger partial charge in [-0.1, -0.05) is 135 Å². The third-order valence-electron chi connectivity index (χ3n) is 12.5. The third-order valence-corrected chi connectivity index (χ3v) is 13.7. The third kappa shape index (κ3) is 4.76. The predicted molar refractivity (Wildman–Crippen MR) is 247 cm³/mol. The van der Waals surface area contributed by atoms with Crippen LogP contribution >= 0.6 is 11.3 Å². The Kier molecular flexibility index (Phi) is 6.88. The van der Waals surface area contributed by atoms with Crippen molar-refractivity contribution in [1.82, 2.24) is 15.0 Å². The van der Waals surface area contributed by atoms with Crippen molar-refractivity contribution in [2.75, 3.05) is 0 Å². The first-order valence-electron chi connectivity index (χ1n) is 20.3. The van der Waals surface area contributed by atoms with Crippen molar-refractivity contribution in [2.45, 2.75) is 19.3 Å². The molecule has 0 fully saturated rings. The second-order valence-electron chi connectivity index (χ2n) is 16.3. The molecule has 0 saturated carbocycles. The highest BCUT2D eigenvalue weighted by atomic mass is 32.1. The molecule has 4 heterocycles. The van der Waals surface area contributed by atoms with Gasteiger partial charge >= 0.3 is 0 Å². The maximum Gasteiger partial charge on any atom is 0.164 e. The minimum absolute atomic E-state index is 0.152. The fraction of sp³-hybridized carbons (Fsp3) is 0.0556. The average molecular weight is 788 g/mol. The molecule has 1 aliphatic rings. The van der Waals surface area contributed by atoms with E-state index in [0.717, 1.165) is 66.1 Å². The highest BCUT2D eigenvalue weighted by molar-refractivity contribution is 7.25. The molecule has 13 rings (SSSR count). The maximum absolute atomic E-state index is 6.61. The van der Waals surface area contributed by atoms with Gasteiger partial charge in [0.15, 0.2) is 17.5 Å². The molecule has 0 aliphatic heterocycles. The van der Waals surface area contributed by atoms with Gasteiger partial charge in [0.05, 0.1) is 0 Å². The molecule has 12 aromatic rings. The van der Waals surface area contributed by atoms with Crippen molar-refractivity contribution < 1.29 is 8.83 Å². The lowest BCUT2D eigenvalue weighted by Crippen LogP contribution is -2.16. The normalized spacial score (nSPS) is 13.3. The zero-order chi connectivity index (χ0) is 39.7. The fourth-order valence-corrected chi connectivity index (χ4v) is 11.0. The number of nitrogens with zero attached hydrogens (tertiary/aromatic N) is 3. The van der Waals surface area contributed by atoms with E-state index >= 15 is 0 Å². The summed E-state index contributed by atoms with van der Waals surface area (Å²) >= 11 is 1.79. The first kappa shape index (κ1) is 33.6. The molecule has 0 saturated heterocycles. The topological polar surface area (TPSA) is 65.0 Å². The van der Waals surface area contributed by atoms with Crippen molar-refractivity contribution in [3.8, 4) is 56.4 Å². The SMILES string of the molecule is CC1(C)c2ccccc2-c2cccc(-c3ccc4oc5cccc(-c6nc(-c7ccc8c(c7)sc7ccccc78)nc(-c7cccc8oc9ccccc9c78)n6)c5c4c3)c21. The van der Waals surface area contributed by atoms with E-state index < -0.39 is 0 Å². The van der Waals surface area contributed by atoms with Crippen LogP contribution in [0.4, 0.5) is 0 Å². The lowest BCUT2D eigenvalue weighted by Gasteiger charge is -2.24. The number of benzene rings is 8. The Balaban J connectivity index is 1.05. The van der Waals surface area contributed by atoms with Gasteiger partial charge in [-0.2, -0.15) is 0 Å². The standard InChI is InChI=1S/C54H33N3O2S/c1-54(2)41-19-6-3-12-33(41)36-16-9-15-32(50(36)54)30-25-27-43-40(28-30)49-39(18-11-22-45(49)59-43)53-56-51(31-24-26-35-34-13-5-8-23-46(34)60-47(35)29-31)55-52(57-53)38-17-10-21-44-48(38)37-14-4-7-20-42(37)58-44/h3-29H,1-2H3. The van der Waals surface area contributed by atoms with E-state index in [0.29, 0.717) is 17.5 Å². The fourth-order valence-electron chi connectivity index (χ4n) is 9.84. The summed E-state index contributed by atoms with van der Waals surface area (Å²) < 4.78 is 15.4. The molecule has 0 radical (unpaired) electrons. The Bertz CT molecular complexity index is 3770. The zero-order valence-corrected chi connectivity index (χ0v) is 33.5. The Morgan fingerprint density at radius 2 is 0.967 bits per heavy atom. The van der Waals surface area contributed by atoms with E-state index in [1.165, 1.54) is 48.0 Å². The summed E-state index contributed by atoms with van der Waals surface area (Å²) in [5.41, 5.74) is 13.4. The number of aromatic nitrogens is 3. The Morgan fingerprint density at radius 3 is 1.78 bits per heavy atom. The number of para-hydroxylation sites is 1. The van der Waals surface area contributed by atoms with Crippen LogP contribution in [-0.4, -0.2) is 15.0 Å². The monoisotopic (exact) mass is 787 g/mol. The van der Waals surface area contributed by atoms with Gasteiger partial charge in [0.1, 0.15) is 22.3 Å². The van der Waals surface area contributed by atoms with Crippen LogP contribution in [0.25, 0.3) is 120 Å². The zero-order valence-electron chi connectivity index (χ0n) is 32.7. The summed E-state index contributed by atoms with van der Waals surface area (Å²) in [5.74, 6) is 1.76. The van der Waals surface area contributed by atoms with Crippen LogP contribution < -0.4 is 0 Å². The molecule has 0 bridgehead atoms. The molecule has 282 valence electrons. The second kappa shape index (κ2) is 12.3. The molecule has 0 amide bonds. The molecule has 1 aliphatic carbocycles. The summed E-state index contributed by atoms with van der Waals surface area (Å²) in [5, 5.41) is 6.47. The summed E-state index contributed by atoms with van der Waals surface area (Å²) in [6.45, 7) is 4.68. The van der Waals surface area contributed by atoms with Crippen molar-refractivity contribution in [3.05, 3.63) is 175 Å². The molecule has 0 spiro atoms. The Morgan fingerprint density at radius 1 is 0.400 bits per heavy atom. The molecule has 6 heteroatoms. The van der Waals surface area contributed by atoms with Crippen LogP contribution in [0.2, 0.25) is 0 Å². The highest BCUT2D eigenvalue weighted by Crippen LogP contribution is 2.52. The van der Waals surface area contributed by atoms with E-state index in [9.17, 15) is 0 Å².